The lowest BCUT2D eigenvalue weighted by molar-refractivity contribution is -0.313. The zero-order valence-electron chi connectivity index (χ0n) is 16.1. The molecule has 5 N–H and O–H groups in total. The minimum Gasteiger partial charge on any atom is -0.394 e. The molecule has 7 nitrogen and oxygen atoms in total. The lowest BCUT2D eigenvalue weighted by Gasteiger charge is -2.44. The van der Waals surface area contributed by atoms with E-state index in [2.05, 4.69) is 20.8 Å². The Morgan fingerprint density at radius 2 is 1.85 bits per heavy atom. The predicted molar refractivity (Wildman–Crippen MR) is 95.3 cm³/mol. The molecular formula is C19H34O7. The molecule has 1 aliphatic heterocycles. The summed E-state index contributed by atoms with van der Waals surface area (Å²) in [6, 6.07) is 0. The normalized spacial score (nSPS) is 39.1. The maximum atomic E-state index is 10.2. The molecule has 7 atom stereocenters. The van der Waals surface area contributed by atoms with E-state index in [1.807, 2.05) is 0 Å². The van der Waals surface area contributed by atoms with E-state index in [9.17, 15) is 25.5 Å². The lowest BCUT2D eigenvalue weighted by atomic mass is 9.70. The first kappa shape index (κ1) is 21.8. The summed E-state index contributed by atoms with van der Waals surface area (Å²) >= 11 is 0. The SMILES string of the molecule is CC1=C(CC[C@@H](C)O)C(C)(C)C[C@@H](O[C@@H]2O[C@H](CO)[C@@H](O)[C@H](O)[C@H]2O)C1. The number of aliphatic hydroxyl groups excluding tert-OH is 5. The van der Waals surface area contributed by atoms with Crippen molar-refractivity contribution in [1.29, 1.82) is 0 Å². The average Bonchev–Trinajstić information content (AvgIpc) is 2.53. The third-order valence-corrected chi connectivity index (χ3v) is 5.59. The van der Waals surface area contributed by atoms with Gasteiger partial charge in [-0.15, -0.1) is 0 Å². The zero-order valence-corrected chi connectivity index (χ0v) is 16.1. The predicted octanol–water partition coefficient (Wildman–Crippen LogP) is 0.469. The molecule has 0 radical (unpaired) electrons. The van der Waals surface area contributed by atoms with Crippen LogP contribution in [-0.4, -0.2) is 75.1 Å². The van der Waals surface area contributed by atoms with Crippen molar-refractivity contribution in [2.24, 2.45) is 5.41 Å². The molecule has 2 rings (SSSR count). The Morgan fingerprint density at radius 3 is 2.38 bits per heavy atom. The van der Waals surface area contributed by atoms with Gasteiger partial charge in [-0.05, 0) is 44.9 Å². The van der Waals surface area contributed by atoms with E-state index >= 15 is 0 Å². The van der Waals surface area contributed by atoms with Crippen LogP contribution in [-0.2, 0) is 9.47 Å². The van der Waals surface area contributed by atoms with Gasteiger partial charge >= 0.3 is 0 Å². The van der Waals surface area contributed by atoms with Crippen molar-refractivity contribution in [3.8, 4) is 0 Å². The van der Waals surface area contributed by atoms with E-state index in [1.54, 1.807) is 6.92 Å². The summed E-state index contributed by atoms with van der Waals surface area (Å²) in [4.78, 5) is 0. The first-order valence-corrected chi connectivity index (χ1v) is 9.40. The highest BCUT2D eigenvalue weighted by Gasteiger charge is 2.45. The largest absolute Gasteiger partial charge is 0.394 e. The highest BCUT2D eigenvalue weighted by Crippen LogP contribution is 2.44. The molecule has 26 heavy (non-hydrogen) atoms. The Kier molecular flexibility index (Phi) is 7.23. The van der Waals surface area contributed by atoms with Crippen LogP contribution in [0.3, 0.4) is 0 Å². The molecule has 0 spiro atoms. The molecule has 152 valence electrons. The highest BCUT2D eigenvalue weighted by atomic mass is 16.7. The number of allylic oxidation sites excluding steroid dienone is 1. The summed E-state index contributed by atoms with van der Waals surface area (Å²) in [6.07, 6.45) is -3.86. The molecule has 2 aliphatic rings. The van der Waals surface area contributed by atoms with Crippen LogP contribution in [0.15, 0.2) is 11.1 Å². The summed E-state index contributed by atoms with van der Waals surface area (Å²) in [5.41, 5.74) is 2.42. The van der Waals surface area contributed by atoms with Crippen LogP contribution in [0.1, 0.15) is 53.4 Å². The van der Waals surface area contributed by atoms with Gasteiger partial charge in [0.05, 0.1) is 18.8 Å². The Balaban J connectivity index is 2.07. The van der Waals surface area contributed by atoms with E-state index in [0.717, 1.165) is 6.42 Å². The minimum absolute atomic E-state index is 0.115. The number of hydrogen-bond acceptors (Lipinski definition) is 7. The van der Waals surface area contributed by atoms with Gasteiger partial charge in [0.25, 0.3) is 0 Å². The van der Waals surface area contributed by atoms with Crippen LogP contribution < -0.4 is 0 Å². The maximum absolute atomic E-state index is 10.2. The molecule has 7 heteroatoms. The second kappa shape index (κ2) is 8.65. The van der Waals surface area contributed by atoms with E-state index < -0.39 is 37.3 Å². The molecular weight excluding hydrogens is 340 g/mol. The molecule has 0 amide bonds. The van der Waals surface area contributed by atoms with Crippen LogP contribution in [0.25, 0.3) is 0 Å². The van der Waals surface area contributed by atoms with Gasteiger partial charge in [0.15, 0.2) is 6.29 Å². The van der Waals surface area contributed by atoms with Gasteiger partial charge in [-0.2, -0.15) is 0 Å². The van der Waals surface area contributed by atoms with E-state index in [1.165, 1.54) is 11.1 Å². The van der Waals surface area contributed by atoms with Crippen molar-refractivity contribution in [1.82, 2.24) is 0 Å². The fourth-order valence-corrected chi connectivity index (χ4v) is 4.18. The quantitative estimate of drug-likeness (QED) is 0.429. The molecule has 1 aliphatic carbocycles. The van der Waals surface area contributed by atoms with Gasteiger partial charge in [-0.1, -0.05) is 25.0 Å². The van der Waals surface area contributed by atoms with Gasteiger partial charge in [0, 0.05) is 0 Å². The zero-order chi connectivity index (χ0) is 19.6. The Morgan fingerprint density at radius 1 is 1.19 bits per heavy atom. The number of rotatable bonds is 6. The first-order chi connectivity index (χ1) is 12.1. The Hall–Kier alpha value is -0.540. The summed E-state index contributed by atoms with van der Waals surface area (Å²) in [5, 5.41) is 48.8. The van der Waals surface area contributed by atoms with Crippen LogP contribution in [0.4, 0.5) is 0 Å². The van der Waals surface area contributed by atoms with Crippen molar-refractivity contribution in [3.63, 3.8) is 0 Å². The van der Waals surface area contributed by atoms with Crippen molar-refractivity contribution in [3.05, 3.63) is 11.1 Å². The van der Waals surface area contributed by atoms with E-state index in [4.69, 9.17) is 9.47 Å². The number of aliphatic hydroxyl groups is 5. The summed E-state index contributed by atoms with van der Waals surface area (Å²) in [6.45, 7) is 7.65. The third kappa shape index (κ3) is 4.84. The standard InChI is InChI=1S/C19H34O7/c1-10-7-12(8-19(3,4)13(10)6-5-11(2)21)25-18-17(24)16(23)15(22)14(9-20)26-18/h11-12,14-18,20-24H,5-9H2,1-4H3/t11-,12+,14-,15-,16+,17-,18-/m1/s1. The van der Waals surface area contributed by atoms with Crippen molar-refractivity contribution < 1.29 is 35.0 Å². The van der Waals surface area contributed by atoms with Crippen LogP contribution in [0.5, 0.6) is 0 Å². The van der Waals surface area contributed by atoms with Crippen molar-refractivity contribution in [2.45, 2.75) is 96.3 Å². The van der Waals surface area contributed by atoms with E-state index in [0.29, 0.717) is 19.3 Å². The molecule has 0 saturated carbocycles. The topological polar surface area (TPSA) is 120 Å². The first-order valence-electron chi connectivity index (χ1n) is 9.40. The molecule has 0 unspecified atom stereocenters. The summed E-state index contributed by atoms with van der Waals surface area (Å²) < 4.78 is 11.4. The van der Waals surface area contributed by atoms with Gasteiger partial charge in [-0.3, -0.25) is 0 Å². The van der Waals surface area contributed by atoms with Crippen LogP contribution >= 0.6 is 0 Å². The molecule has 1 saturated heterocycles. The Bertz CT molecular complexity index is 500. The third-order valence-electron chi connectivity index (χ3n) is 5.59. The second-order valence-electron chi connectivity index (χ2n) is 8.39. The smallest absolute Gasteiger partial charge is 0.186 e. The van der Waals surface area contributed by atoms with Crippen molar-refractivity contribution in [2.75, 3.05) is 6.61 Å². The molecule has 0 bridgehead atoms. The highest BCUT2D eigenvalue weighted by molar-refractivity contribution is 5.24. The monoisotopic (exact) mass is 374 g/mol. The maximum Gasteiger partial charge on any atom is 0.186 e. The fraction of sp³-hybridized carbons (Fsp3) is 0.895. The number of hydrogen-bond donors (Lipinski definition) is 5. The second-order valence-corrected chi connectivity index (χ2v) is 8.39. The lowest BCUT2D eigenvalue weighted by Crippen LogP contribution is -2.59. The van der Waals surface area contributed by atoms with Crippen LogP contribution in [0.2, 0.25) is 0 Å². The molecule has 1 heterocycles. The van der Waals surface area contributed by atoms with Crippen LogP contribution in [0, 0.1) is 5.41 Å². The van der Waals surface area contributed by atoms with E-state index in [-0.39, 0.29) is 17.6 Å². The molecule has 1 fully saturated rings. The Labute approximate surface area is 155 Å². The molecule has 0 aromatic heterocycles. The molecule has 0 aromatic carbocycles. The average molecular weight is 374 g/mol. The summed E-state index contributed by atoms with van der Waals surface area (Å²) in [5.74, 6) is 0. The van der Waals surface area contributed by atoms with Gasteiger partial charge < -0.3 is 35.0 Å². The molecule has 0 aromatic rings. The van der Waals surface area contributed by atoms with Gasteiger partial charge in [-0.25, -0.2) is 0 Å². The minimum atomic E-state index is -1.43. The van der Waals surface area contributed by atoms with Crippen molar-refractivity contribution >= 4 is 0 Å². The van der Waals surface area contributed by atoms with Gasteiger partial charge in [0.2, 0.25) is 0 Å². The van der Waals surface area contributed by atoms with Gasteiger partial charge in [0.1, 0.15) is 24.4 Å². The number of ether oxygens (including phenoxy) is 2. The fourth-order valence-electron chi connectivity index (χ4n) is 4.18. The summed E-state index contributed by atoms with van der Waals surface area (Å²) in [7, 11) is 0.